The normalized spacial score (nSPS) is 11.3. The van der Waals surface area contributed by atoms with Gasteiger partial charge in [-0.3, -0.25) is 4.68 Å². The van der Waals surface area contributed by atoms with Crippen molar-refractivity contribution in [2.24, 2.45) is 7.05 Å². The quantitative estimate of drug-likeness (QED) is 0.508. The molecule has 0 fully saturated rings. The molecule has 8 heteroatoms. The molecular weight excluding hydrogens is 348 g/mol. The first-order valence-electron chi connectivity index (χ1n) is 8.37. The Morgan fingerprint density at radius 3 is 2.85 bits per heavy atom. The van der Waals surface area contributed by atoms with Crippen molar-refractivity contribution in [1.29, 1.82) is 0 Å². The molecule has 0 unspecified atom stereocenters. The summed E-state index contributed by atoms with van der Waals surface area (Å²) in [5.41, 5.74) is 4.15. The fourth-order valence-electron chi connectivity index (χ4n) is 2.95. The summed E-state index contributed by atoms with van der Waals surface area (Å²) in [6.45, 7) is 1.61. The molecule has 0 spiro atoms. The van der Waals surface area contributed by atoms with Crippen LogP contribution in [0.25, 0.3) is 16.6 Å². The molecule has 26 heavy (non-hydrogen) atoms. The fourth-order valence-corrected chi connectivity index (χ4v) is 3.57. The zero-order valence-electron chi connectivity index (χ0n) is 14.7. The summed E-state index contributed by atoms with van der Waals surface area (Å²) in [6, 6.07) is 2.03. The lowest BCUT2D eigenvalue weighted by Crippen LogP contribution is -2.16. The molecule has 0 aromatic carbocycles. The standard InChI is InChI=1S/C18H20N6OS/c1-23-11-15(10-21-23)13-7-16(25-2)18-14(9-22-24(18)12-13)8-19-4-3-17-20-5-6-26-17/h5-7,9-12,19H,3-4,8H2,1-2H3. The van der Waals surface area contributed by atoms with Crippen molar-refractivity contribution in [2.45, 2.75) is 13.0 Å². The highest BCUT2D eigenvalue weighted by Crippen LogP contribution is 2.29. The van der Waals surface area contributed by atoms with Crippen LogP contribution in [0.2, 0.25) is 0 Å². The lowest BCUT2D eigenvalue weighted by Gasteiger charge is -2.09. The predicted molar refractivity (Wildman–Crippen MR) is 101 cm³/mol. The minimum absolute atomic E-state index is 0.734. The van der Waals surface area contributed by atoms with Gasteiger partial charge in [0.05, 0.1) is 24.5 Å². The van der Waals surface area contributed by atoms with Crippen molar-refractivity contribution < 1.29 is 4.74 Å². The number of pyridine rings is 1. The SMILES string of the molecule is COc1cc(-c2cnn(C)c2)cn2ncc(CNCCc3nccs3)c12. The molecule has 0 saturated carbocycles. The maximum absolute atomic E-state index is 5.64. The second-order valence-electron chi connectivity index (χ2n) is 6.02. The van der Waals surface area contributed by atoms with Gasteiger partial charge in [-0.15, -0.1) is 11.3 Å². The Bertz CT molecular complexity index is 1000. The summed E-state index contributed by atoms with van der Waals surface area (Å²) < 4.78 is 9.30. The van der Waals surface area contributed by atoms with Crippen molar-refractivity contribution in [3.05, 3.63) is 53.0 Å². The minimum Gasteiger partial charge on any atom is -0.494 e. The van der Waals surface area contributed by atoms with E-state index >= 15 is 0 Å². The number of aryl methyl sites for hydroxylation is 1. The van der Waals surface area contributed by atoms with E-state index in [1.54, 1.807) is 23.1 Å². The van der Waals surface area contributed by atoms with Gasteiger partial charge in [-0.25, -0.2) is 9.50 Å². The molecule has 0 aliphatic carbocycles. The van der Waals surface area contributed by atoms with Crippen LogP contribution in [0.3, 0.4) is 0 Å². The van der Waals surface area contributed by atoms with Gasteiger partial charge in [0.15, 0.2) is 0 Å². The Kier molecular flexibility index (Phi) is 4.68. The molecular formula is C18H20N6OS. The van der Waals surface area contributed by atoms with Gasteiger partial charge < -0.3 is 10.1 Å². The van der Waals surface area contributed by atoms with Crippen LogP contribution in [0.4, 0.5) is 0 Å². The summed E-state index contributed by atoms with van der Waals surface area (Å²) >= 11 is 1.69. The molecule has 4 heterocycles. The van der Waals surface area contributed by atoms with Crippen LogP contribution in [-0.2, 0) is 20.0 Å². The van der Waals surface area contributed by atoms with Crippen molar-refractivity contribution in [3.8, 4) is 16.9 Å². The topological polar surface area (TPSA) is 69.3 Å². The molecule has 4 aromatic heterocycles. The van der Waals surface area contributed by atoms with E-state index < -0.39 is 0 Å². The Hall–Kier alpha value is -2.71. The first-order chi connectivity index (χ1) is 12.7. The highest BCUT2D eigenvalue weighted by molar-refractivity contribution is 7.09. The van der Waals surface area contributed by atoms with Crippen LogP contribution in [0.1, 0.15) is 10.6 Å². The van der Waals surface area contributed by atoms with Crippen molar-refractivity contribution in [3.63, 3.8) is 0 Å². The summed E-state index contributed by atoms with van der Waals surface area (Å²) in [5.74, 6) is 0.806. The van der Waals surface area contributed by atoms with Gasteiger partial charge >= 0.3 is 0 Å². The van der Waals surface area contributed by atoms with Crippen LogP contribution in [-0.4, -0.2) is 38.0 Å². The van der Waals surface area contributed by atoms with E-state index in [-0.39, 0.29) is 0 Å². The van der Waals surface area contributed by atoms with Crippen molar-refractivity contribution in [1.82, 2.24) is 29.7 Å². The van der Waals surface area contributed by atoms with E-state index in [0.29, 0.717) is 0 Å². The number of nitrogens with one attached hydrogen (secondary N) is 1. The third-order valence-electron chi connectivity index (χ3n) is 4.23. The van der Waals surface area contributed by atoms with Gasteiger partial charge in [0.1, 0.15) is 11.3 Å². The molecule has 4 aromatic rings. The van der Waals surface area contributed by atoms with Crippen LogP contribution in [0.15, 0.2) is 42.4 Å². The van der Waals surface area contributed by atoms with E-state index in [4.69, 9.17) is 4.74 Å². The maximum atomic E-state index is 5.64. The van der Waals surface area contributed by atoms with E-state index in [1.165, 1.54) is 0 Å². The Labute approximate surface area is 155 Å². The molecule has 4 rings (SSSR count). The van der Waals surface area contributed by atoms with Crippen LogP contribution >= 0.6 is 11.3 Å². The number of fused-ring (bicyclic) bond motifs is 1. The zero-order valence-corrected chi connectivity index (χ0v) is 15.5. The summed E-state index contributed by atoms with van der Waals surface area (Å²) in [6.07, 6.45) is 10.5. The van der Waals surface area contributed by atoms with Gasteiger partial charge in [-0.2, -0.15) is 10.2 Å². The number of rotatable bonds is 7. The van der Waals surface area contributed by atoms with Gasteiger partial charge in [-0.05, 0) is 6.07 Å². The Balaban J connectivity index is 1.54. The predicted octanol–water partition coefficient (Wildman–Crippen LogP) is 2.53. The van der Waals surface area contributed by atoms with Gasteiger partial charge in [0.25, 0.3) is 0 Å². The molecule has 0 saturated heterocycles. The molecule has 0 aliphatic rings. The molecule has 0 radical (unpaired) electrons. The maximum Gasteiger partial charge on any atom is 0.145 e. The smallest absolute Gasteiger partial charge is 0.145 e. The number of hydrogen-bond acceptors (Lipinski definition) is 6. The molecule has 0 bridgehead atoms. The first kappa shape index (κ1) is 16.7. The molecule has 0 amide bonds. The van der Waals surface area contributed by atoms with E-state index in [9.17, 15) is 0 Å². The lowest BCUT2D eigenvalue weighted by molar-refractivity contribution is 0.417. The number of aromatic nitrogens is 5. The van der Waals surface area contributed by atoms with Gasteiger partial charge in [-0.1, -0.05) is 0 Å². The summed E-state index contributed by atoms with van der Waals surface area (Å²) in [7, 11) is 3.59. The van der Waals surface area contributed by atoms with Crippen molar-refractivity contribution in [2.75, 3.05) is 13.7 Å². The van der Waals surface area contributed by atoms with Crippen LogP contribution in [0, 0.1) is 0 Å². The monoisotopic (exact) mass is 368 g/mol. The zero-order chi connectivity index (χ0) is 17.9. The van der Waals surface area contributed by atoms with Gasteiger partial charge in [0.2, 0.25) is 0 Å². The van der Waals surface area contributed by atoms with Gasteiger partial charge in [0, 0.05) is 67.2 Å². The molecule has 0 aliphatic heterocycles. The van der Waals surface area contributed by atoms with E-state index in [1.807, 2.05) is 54.0 Å². The number of nitrogens with zero attached hydrogens (tertiary/aromatic N) is 5. The van der Waals surface area contributed by atoms with E-state index in [0.717, 1.165) is 52.5 Å². The molecule has 134 valence electrons. The third kappa shape index (κ3) is 3.33. The van der Waals surface area contributed by atoms with Crippen LogP contribution in [0.5, 0.6) is 5.75 Å². The highest BCUT2D eigenvalue weighted by Gasteiger charge is 2.13. The fraction of sp³-hybridized carbons (Fsp3) is 0.278. The van der Waals surface area contributed by atoms with Crippen LogP contribution < -0.4 is 10.1 Å². The average molecular weight is 368 g/mol. The number of ether oxygens (including phenoxy) is 1. The minimum atomic E-state index is 0.734. The lowest BCUT2D eigenvalue weighted by atomic mass is 10.1. The number of methoxy groups -OCH3 is 1. The van der Waals surface area contributed by atoms with Crippen molar-refractivity contribution >= 4 is 16.9 Å². The second kappa shape index (κ2) is 7.27. The summed E-state index contributed by atoms with van der Waals surface area (Å²) in [4.78, 5) is 4.30. The third-order valence-corrected chi connectivity index (χ3v) is 5.06. The Morgan fingerprint density at radius 1 is 1.19 bits per heavy atom. The molecule has 7 nitrogen and oxygen atoms in total. The number of thiazole rings is 1. The molecule has 1 N–H and O–H groups in total. The Morgan fingerprint density at radius 2 is 2.12 bits per heavy atom. The number of hydrogen-bond donors (Lipinski definition) is 1. The average Bonchev–Trinajstić information content (AvgIpc) is 3.39. The summed E-state index contributed by atoms with van der Waals surface area (Å²) in [5, 5.41) is 15.4. The largest absolute Gasteiger partial charge is 0.494 e. The molecule has 0 atom stereocenters. The first-order valence-corrected chi connectivity index (χ1v) is 9.25. The van der Waals surface area contributed by atoms with E-state index in [2.05, 4.69) is 20.5 Å². The second-order valence-corrected chi connectivity index (χ2v) is 6.99. The highest BCUT2D eigenvalue weighted by atomic mass is 32.1.